The number of aryl methyl sites for hydroxylation is 1. The highest BCUT2D eigenvalue weighted by Gasteiger charge is 2.34. The van der Waals surface area contributed by atoms with Crippen molar-refractivity contribution in [1.29, 1.82) is 0 Å². The van der Waals surface area contributed by atoms with Crippen molar-refractivity contribution in [3.63, 3.8) is 0 Å². The van der Waals surface area contributed by atoms with Crippen molar-refractivity contribution in [2.75, 3.05) is 31.4 Å². The van der Waals surface area contributed by atoms with E-state index < -0.39 is 0 Å². The second-order valence-corrected chi connectivity index (χ2v) is 8.14. The molecule has 33 heavy (non-hydrogen) atoms. The lowest BCUT2D eigenvalue weighted by molar-refractivity contribution is -0.118. The third kappa shape index (κ3) is 3.53. The van der Waals surface area contributed by atoms with Gasteiger partial charge in [-0.15, -0.1) is 0 Å². The normalized spacial score (nSPS) is 15.9. The first kappa shape index (κ1) is 20.8. The fourth-order valence-corrected chi connectivity index (χ4v) is 4.55. The van der Waals surface area contributed by atoms with Crippen molar-refractivity contribution in [3.8, 4) is 22.6 Å². The molecule has 1 aliphatic heterocycles. The van der Waals surface area contributed by atoms with Crippen LogP contribution in [0.3, 0.4) is 0 Å². The largest absolute Gasteiger partial charge is 0.497 e. The van der Waals surface area contributed by atoms with Gasteiger partial charge in [0.2, 0.25) is 5.91 Å². The Morgan fingerprint density at radius 3 is 2.39 bits per heavy atom. The molecule has 1 fully saturated rings. The van der Waals surface area contributed by atoms with Crippen molar-refractivity contribution in [3.05, 3.63) is 60.6 Å². The number of nitrogens with zero attached hydrogens (tertiary/aromatic N) is 4. The van der Waals surface area contributed by atoms with E-state index in [1.807, 2.05) is 65.2 Å². The van der Waals surface area contributed by atoms with E-state index in [1.54, 1.807) is 14.2 Å². The molecule has 1 amide bonds. The van der Waals surface area contributed by atoms with Crippen LogP contribution in [0.4, 0.5) is 11.5 Å². The monoisotopic (exact) mass is 443 g/mol. The smallest absolute Gasteiger partial charge is 0.234 e. The molecule has 2 aromatic heterocycles. The van der Waals surface area contributed by atoms with E-state index in [0.29, 0.717) is 23.9 Å². The number of fused-ring (bicyclic) bond motifs is 1. The van der Waals surface area contributed by atoms with Crippen molar-refractivity contribution in [1.82, 2.24) is 14.5 Å². The van der Waals surface area contributed by atoms with E-state index in [4.69, 9.17) is 15.2 Å². The quantitative estimate of drug-likeness (QED) is 0.505. The van der Waals surface area contributed by atoms with Gasteiger partial charge in [-0.2, -0.15) is 0 Å². The van der Waals surface area contributed by atoms with Crippen LogP contribution in [-0.2, 0) is 11.8 Å². The zero-order chi connectivity index (χ0) is 23.1. The Hall–Kier alpha value is -4.07. The van der Waals surface area contributed by atoms with Crippen LogP contribution in [0, 0.1) is 0 Å². The molecular weight excluding hydrogens is 418 g/mol. The van der Waals surface area contributed by atoms with Crippen LogP contribution in [0.1, 0.15) is 17.9 Å². The molecule has 8 heteroatoms. The standard InChI is InChI=1S/C25H25N5O3/c1-29-13-21(22-23(26)27-14-28-24(22)29)15-4-6-17(7-5-15)30-9-8-20(25(30)31)16-10-18(32-2)12-19(11-16)33-3/h4-7,10-14,20H,8-9H2,1-3H3,(H2,26,27,28). The highest BCUT2D eigenvalue weighted by molar-refractivity contribution is 6.02. The molecule has 2 N–H and O–H groups in total. The number of carbonyl (C=O) groups excluding carboxylic acids is 1. The number of carbonyl (C=O) groups is 1. The van der Waals surface area contributed by atoms with Gasteiger partial charge >= 0.3 is 0 Å². The molecule has 2 aromatic carbocycles. The Bertz CT molecular complexity index is 1320. The molecule has 8 nitrogen and oxygen atoms in total. The summed E-state index contributed by atoms with van der Waals surface area (Å²) in [6, 6.07) is 13.6. The van der Waals surface area contributed by atoms with Gasteiger partial charge in [-0.05, 0) is 41.8 Å². The van der Waals surface area contributed by atoms with Crippen LogP contribution in [0.25, 0.3) is 22.2 Å². The van der Waals surface area contributed by atoms with E-state index in [0.717, 1.165) is 39.8 Å². The summed E-state index contributed by atoms with van der Waals surface area (Å²) in [7, 11) is 5.15. The minimum Gasteiger partial charge on any atom is -0.497 e. The van der Waals surface area contributed by atoms with E-state index in [-0.39, 0.29) is 11.8 Å². The lowest BCUT2D eigenvalue weighted by Crippen LogP contribution is -2.26. The first-order valence-electron chi connectivity index (χ1n) is 10.7. The fourth-order valence-electron chi connectivity index (χ4n) is 4.55. The summed E-state index contributed by atoms with van der Waals surface area (Å²) in [5.74, 6) is 1.65. The van der Waals surface area contributed by atoms with E-state index in [9.17, 15) is 4.79 Å². The van der Waals surface area contributed by atoms with Crippen LogP contribution in [0.2, 0.25) is 0 Å². The number of nitrogens with two attached hydrogens (primary N) is 1. The van der Waals surface area contributed by atoms with Crippen molar-refractivity contribution in [2.24, 2.45) is 7.05 Å². The van der Waals surface area contributed by atoms with E-state index in [2.05, 4.69) is 9.97 Å². The number of methoxy groups -OCH3 is 2. The van der Waals surface area contributed by atoms with Gasteiger partial charge in [0, 0.05) is 37.1 Å². The van der Waals surface area contributed by atoms with Crippen LogP contribution in [-0.4, -0.2) is 41.2 Å². The highest BCUT2D eigenvalue weighted by atomic mass is 16.5. The number of anilines is 2. The van der Waals surface area contributed by atoms with Gasteiger partial charge < -0.3 is 24.7 Å². The summed E-state index contributed by atoms with van der Waals surface area (Å²) >= 11 is 0. The summed E-state index contributed by atoms with van der Waals surface area (Å²) in [5.41, 5.74) is 10.6. The SMILES string of the molecule is COc1cc(OC)cc(C2CCN(c3ccc(-c4cn(C)c5ncnc(N)c45)cc3)C2=O)c1. The minimum absolute atomic E-state index is 0.0702. The number of rotatable bonds is 5. The summed E-state index contributed by atoms with van der Waals surface area (Å²) in [4.78, 5) is 23.6. The predicted octanol–water partition coefficient (Wildman–Crippen LogP) is 3.76. The molecule has 168 valence electrons. The summed E-state index contributed by atoms with van der Waals surface area (Å²) in [5, 5.41) is 0.831. The molecule has 0 saturated carbocycles. The van der Waals surface area contributed by atoms with Crippen LogP contribution in [0.5, 0.6) is 11.5 Å². The van der Waals surface area contributed by atoms with E-state index >= 15 is 0 Å². The van der Waals surface area contributed by atoms with Gasteiger partial charge in [0.1, 0.15) is 29.3 Å². The van der Waals surface area contributed by atoms with Crippen LogP contribution < -0.4 is 20.1 Å². The van der Waals surface area contributed by atoms with Crippen molar-refractivity contribution in [2.45, 2.75) is 12.3 Å². The molecule has 4 aromatic rings. The number of hydrogen-bond acceptors (Lipinski definition) is 6. The third-order valence-electron chi connectivity index (χ3n) is 6.25. The maximum atomic E-state index is 13.3. The Morgan fingerprint density at radius 1 is 1.03 bits per heavy atom. The maximum absolute atomic E-state index is 13.3. The molecular formula is C25H25N5O3. The van der Waals surface area contributed by atoms with Gasteiger partial charge in [-0.3, -0.25) is 4.79 Å². The Kier molecular flexibility index (Phi) is 5.12. The third-order valence-corrected chi connectivity index (χ3v) is 6.25. The zero-order valence-electron chi connectivity index (χ0n) is 18.8. The molecule has 1 atom stereocenters. The lowest BCUT2D eigenvalue weighted by Gasteiger charge is -2.18. The molecule has 1 saturated heterocycles. The van der Waals surface area contributed by atoms with Gasteiger partial charge in [-0.25, -0.2) is 9.97 Å². The second kappa shape index (κ2) is 8.12. The van der Waals surface area contributed by atoms with Crippen LogP contribution >= 0.6 is 0 Å². The first-order chi connectivity index (χ1) is 16.0. The topological polar surface area (TPSA) is 95.5 Å². The Morgan fingerprint density at radius 2 is 1.73 bits per heavy atom. The summed E-state index contributed by atoms with van der Waals surface area (Å²) in [6.07, 6.45) is 4.20. The summed E-state index contributed by atoms with van der Waals surface area (Å²) < 4.78 is 12.7. The van der Waals surface area contributed by atoms with Crippen LogP contribution in [0.15, 0.2) is 55.0 Å². The molecule has 0 spiro atoms. The number of ether oxygens (including phenoxy) is 2. The van der Waals surface area contributed by atoms with Gasteiger partial charge in [-0.1, -0.05) is 12.1 Å². The summed E-state index contributed by atoms with van der Waals surface area (Å²) in [6.45, 7) is 0.650. The molecule has 1 unspecified atom stereocenters. The minimum atomic E-state index is -0.233. The Labute approximate surface area is 191 Å². The Balaban J connectivity index is 1.43. The molecule has 3 heterocycles. The maximum Gasteiger partial charge on any atom is 0.234 e. The average molecular weight is 444 g/mol. The van der Waals surface area contributed by atoms with Gasteiger partial charge in [0.15, 0.2) is 0 Å². The number of amides is 1. The van der Waals surface area contributed by atoms with E-state index in [1.165, 1.54) is 6.33 Å². The van der Waals surface area contributed by atoms with Crippen molar-refractivity contribution >= 4 is 28.4 Å². The lowest BCUT2D eigenvalue weighted by atomic mass is 9.97. The first-order valence-corrected chi connectivity index (χ1v) is 10.7. The zero-order valence-corrected chi connectivity index (χ0v) is 18.8. The highest BCUT2D eigenvalue weighted by Crippen LogP contribution is 2.37. The molecule has 0 aliphatic carbocycles. The molecule has 0 bridgehead atoms. The molecule has 1 aliphatic rings. The average Bonchev–Trinajstić information content (AvgIpc) is 3.39. The van der Waals surface area contributed by atoms with Gasteiger partial charge in [0.25, 0.3) is 0 Å². The number of nitrogen functional groups attached to an aromatic ring is 1. The predicted molar refractivity (Wildman–Crippen MR) is 128 cm³/mol. The number of aromatic nitrogens is 3. The van der Waals surface area contributed by atoms with Gasteiger partial charge in [0.05, 0.1) is 25.5 Å². The fraction of sp³-hybridized carbons (Fsp3) is 0.240. The number of benzene rings is 2. The number of hydrogen-bond donors (Lipinski definition) is 1. The molecule has 0 radical (unpaired) electrons. The second-order valence-electron chi connectivity index (χ2n) is 8.14. The molecule has 5 rings (SSSR count). The van der Waals surface area contributed by atoms with Crippen molar-refractivity contribution < 1.29 is 14.3 Å².